The van der Waals surface area contributed by atoms with Gasteiger partial charge in [0.2, 0.25) is 0 Å². The number of rotatable bonds is 3. The topological polar surface area (TPSA) is 0 Å². The van der Waals surface area contributed by atoms with Crippen molar-refractivity contribution in [3.05, 3.63) is 123 Å². The van der Waals surface area contributed by atoms with Gasteiger partial charge in [-0.25, -0.2) is 0 Å². The maximum atomic E-state index is 2.77. The van der Waals surface area contributed by atoms with Crippen LogP contribution in [-0.2, 0) is 38.5 Å². The molecule has 3 aromatic carbocycles. The molecule has 0 bridgehead atoms. The van der Waals surface area contributed by atoms with Gasteiger partial charge in [-0.05, 0) is 0 Å². The van der Waals surface area contributed by atoms with Crippen molar-refractivity contribution < 1.29 is 46.1 Å². The predicted molar refractivity (Wildman–Crippen MR) is 193 cm³/mol. The third-order valence-electron chi connectivity index (χ3n) is 11.4. The van der Waals surface area contributed by atoms with Crippen LogP contribution in [0, 0.1) is 18.3 Å². The second-order valence-corrected chi connectivity index (χ2v) is 21.9. The van der Waals surface area contributed by atoms with Crippen molar-refractivity contribution in [2.45, 2.75) is 100 Å². The minimum Gasteiger partial charge on any atom is -1.00 e. The molecule has 0 radical (unpaired) electrons. The molecule has 4 aliphatic rings. The molecule has 1 unspecified atom stereocenters. The second kappa shape index (κ2) is 12.1. The van der Waals surface area contributed by atoms with Crippen LogP contribution in [0.5, 0.6) is 0 Å². The number of hydrogen-bond donors (Lipinski definition) is 0. The smallest absolute Gasteiger partial charge is 1.00 e. The van der Waals surface area contributed by atoms with Gasteiger partial charge in [-0.2, -0.15) is 0 Å². The summed E-state index contributed by atoms with van der Waals surface area (Å²) in [6.07, 6.45) is 6.10. The van der Waals surface area contributed by atoms with Crippen LogP contribution in [0.2, 0.25) is 0 Å². The first-order chi connectivity index (χ1) is 21.0. The SMILES string of the molecule is CC1=CC(C)(C)c2cc3c(cc21)-c1cc2c(cc1C3)C(C)(C)[C]([Zr+2](=[CH]c1ccc(C)cc1)[C]1=C(C)C(C(C)(C)C)=CC1C)=C2C.[Cl-].[Cl-]. The van der Waals surface area contributed by atoms with Gasteiger partial charge in [0.05, 0.1) is 0 Å². The molecule has 0 heterocycles. The molecule has 0 aromatic heterocycles. The summed E-state index contributed by atoms with van der Waals surface area (Å²) in [5.74, 6) is 0.495. The quantitative estimate of drug-likeness (QED) is 0.255. The van der Waals surface area contributed by atoms with Crippen LogP contribution in [0.15, 0.2) is 78.4 Å². The van der Waals surface area contributed by atoms with Gasteiger partial charge in [0.15, 0.2) is 0 Å². The Bertz CT molecular complexity index is 1980. The molecule has 47 heavy (non-hydrogen) atoms. The monoisotopic (exact) mass is 738 g/mol. The number of hydrogen-bond acceptors (Lipinski definition) is 0. The van der Waals surface area contributed by atoms with E-state index in [1.807, 2.05) is 0 Å². The Morgan fingerprint density at radius 1 is 0.745 bits per heavy atom. The average molecular weight is 741 g/mol. The van der Waals surface area contributed by atoms with Crippen LogP contribution in [-0.4, -0.2) is 3.71 Å². The summed E-state index contributed by atoms with van der Waals surface area (Å²) in [6, 6.07) is 19.5. The molecule has 0 saturated heterocycles. The Balaban J connectivity index is 0.00000217. The summed E-state index contributed by atoms with van der Waals surface area (Å²) in [5.41, 5.74) is 21.1. The Labute approximate surface area is 304 Å². The van der Waals surface area contributed by atoms with E-state index in [0.717, 1.165) is 6.42 Å². The molecule has 1 atom stereocenters. The van der Waals surface area contributed by atoms with Gasteiger partial charge in [0.25, 0.3) is 0 Å². The third kappa shape index (κ3) is 5.66. The predicted octanol–water partition coefficient (Wildman–Crippen LogP) is 5.66. The van der Waals surface area contributed by atoms with Crippen LogP contribution in [0.3, 0.4) is 0 Å². The minimum absolute atomic E-state index is 0. The van der Waals surface area contributed by atoms with Crippen LogP contribution >= 0.6 is 0 Å². The number of fused-ring (bicyclic) bond motifs is 5. The fourth-order valence-corrected chi connectivity index (χ4v) is 18.0. The molecule has 0 N–H and O–H groups in total. The molecule has 244 valence electrons. The van der Waals surface area contributed by atoms with E-state index in [-0.39, 0.29) is 41.1 Å². The molecular formula is C44H50Cl2Zr. The van der Waals surface area contributed by atoms with Crippen molar-refractivity contribution in [2.75, 3.05) is 0 Å². The van der Waals surface area contributed by atoms with E-state index in [9.17, 15) is 0 Å². The first-order valence-corrected chi connectivity index (χ1v) is 20.9. The van der Waals surface area contributed by atoms with E-state index in [1.54, 1.807) is 28.8 Å². The Morgan fingerprint density at radius 2 is 1.32 bits per heavy atom. The molecule has 0 amide bonds. The Kier molecular flexibility index (Phi) is 9.31. The van der Waals surface area contributed by atoms with Gasteiger partial charge >= 0.3 is 282 Å². The molecular weight excluding hydrogens is 691 g/mol. The number of benzene rings is 3. The zero-order chi connectivity index (χ0) is 32.4. The number of halogens is 2. The maximum Gasteiger partial charge on any atom is -1.00 e. The molecule has 0 nitrogen and oxygen atoms in total. The van der Waals surface area contributed by atoms with Gasteiger partial charge in [0, 0.05) is 0 Å². The van der Waals surface area contributed by atoms with Crippen molar-refractivity contribution in [2.24, 2.45) is 11.3 Å². The summed E-state index contributed by atoms with van der Waals surface area (Å²) >= 11 is -2.54. The van der Waals surface area contributed by atoms with Crippen LogP contribution < -0.4 is 24.8 Å². The zero-order valence-corrected chi connectivity index (χ0v) is 34.4. The maximum absolute atomic E-state index is 2.77. The van der Waals surface area contributed by atoms with Crippen molar-refractivity contribution in [3.8, 4) is 11.1 Å². The number of allylic oxidation sites excluding steroid dienone is 8. The van der Waals surface area contributed by atoms with E-state index in [4.69, 9.17) is 0 Å². The number of aryl methyl sites for hydroxylation is 1. The minimum atomic E-state index is -2.54. The van der Waals surface area contributed by atoms with Gasteiger partial charge < -0.3 is 24.8 Å². The standard InChI is InChI=1S/C25H25.C11H17.C8H8.2ClH.Zr/c1-14-12-24(3,4)22-8-16-7-17-9-23-19(15(2)13-25(23,5)6)11-21(17)20(16)10-18(14)22;1-8-6-9(2)10(7-8)11(3,4)5;1-7-3-5-8(2)6-4-7;;;/h8-12H,7H2,1-6H3;7-8H,1-5H3;1,3-6H,2H3;2*1H;/q;;;;;+2/p-2. The Morgan fingerprint density at radius 3 is 1.89 bits per heavy atom. The van der Waals surface area contributed by atoms with E-state index < -0.39 is 21.3 Å². The fourth-order valence-electron chi connectivity index (χ4n) is 9.27. The fraction of sp³-hybridized carbons (Fsp3) is 0.386. The van der Waals surface area contributed by atoms with Crippen molar-refractivity contribution >= 4 is 14.9 Å². The summed E-state index contributed by atoms with van der Waals surface area (Å²) in [5, 5.41) is 0. The molecule has 3 aromatic rings. The van der Waals surface area contributed by atoms with Crippen LogP contribution in [0.25, 0.3) is 22.3 Å². The van der Waals surface area contributed by atoms with Gasteiger partial charge in [-0.15, -0.1) is 0 Å². The first-order valence-electron chi connectivity index (χ1n) is 17.0. The van der Waals surface area contributed by atoms with Gasteiger partial charge in [-0.3, -0.25) is 0 Å². The molecule has 0 aliphatic heterocycles. The second-order valence-electron chi connectivity index (χ2n) is 16.6. The Hall–Kier alpha value is -2.05. The van der Waals surface area contributed by atoms with Crippen molar-refractivity contribution in [3.63, 3.8) is 0 Å². The van der Waals surface area contributed by atoms with E-state index in [0.29, 0.717) is 5.92 Å². The molecule has 7 rings (SSSR count). The summed E-state index contributed by atoms with van der Waals surface area (Å²) < 4.78 is 6.31. The van der Waals surface area contributed by atoms with Crippen LogP contribution in [0.4, 0.5) is 0 Å². The van der Waals surface area contributed by atoms with E-state index in [1.165, 1.54) is 55.6 Å². The summed E-state index contributed by atoms with van der Waals surface area (Å²) in [4.78, 5) is 0. The normalized spacial score (nSPS) is 19.9. The third-order valence-corrected chi connectivity index (χ3v) is 20.1. The molecule has 0 spiro atoms. The molecule has 4 aliphatic carbocycles. The molecule has 0 saturated carbocycles. The molecule has 0 fully saturated rings. The largest absolute Gasteiger partial charge is 1.00 e. The summed E-state index contributed by atoms with van der Waals surface area (Å²) in [6.45, 7) is 28.8. The van der Waals surface area contributed by atoms with E-state index in [2.05, 4.69) is 147 Å². The van der Waals surface area contributed by atoms with Crippen LogP contribution in [0.1, 0.15) is 121 Å². The van der Waals surface area contributed by atoms with Crippen molar-refractivity contribution in [1.29, 1.82) is 0 Å². The van der Waals surface area contributed by atoms with Gasteiger partial charge in [-0.1, -0.05) is 0 Å². The molecule has 3 heteroatoms. The van der Waals surface area contributed by atoms with Gasteiger partial charge in [0.1, 0.15) is 0 Å². The average Bonchev–Trinajstić information content (AvgIpc) is 3.59. The summed E-state index contributed by atoms with van der Waals surface area (Å²) in [7, 11) is 0. The van der Waals surface area contributed by atoms with Crippen molar-refractivity contribution in [1.82, 2.24) is 0 Å². The zero-order valence-electron chi connectivity index (χ0n) is 30.4. The van der Waals surface area contributed by atoms with E-state index >= 15 is 0 Å². The first kappa shape index (κ1) is 36.2.